The Kier molecular flexibility index (Phi) is 13.4. The molecule has 2 saturated heterocycles. The van der Waals surface area contributed by atoms with Crippen molar-refractivity contribution >= 4 is 49.5 Å². The number of rotatable bonds is 12. The molecule has 2 aliphatic rings. The molecule has 49 heavy (non-hydrogen) atoms. The average molecular weight is 703 g/mol. The first kappa shape index (κ1) is 37.1. The Bertz CT molecular complexity index is 1520. The molecule has 2 aromatic rings. The van der Waals surface area contributed by atoms with Crippen LogP contribution in [0.25, 0.3) is 11.4 Å². The molecule has 1 N–H and O–H groups in total. The SMILES string of the molecule is CCOC(=O)N1CCN(C(=O)[C@@H](C=[P+]([O-])OC(OC(C)=O)OC(C)=O)NC(=O)c2cc(N3CC[C@H](OC)C3)nc(-c3ccccc3)n2)CC1. The van der Waals surface area contributed by atoms with Crippen LogP contribution >= 0.6 is 8.00 Å². The molecule has 3 amide bonds. The number of esters is 2. The number of piperazine rings is 1. The Morgan fingerprint density at radius 3 is 2.24 bits per heavy atom. The highest BCUT2D eigenvalue weighted by Gasteiger charge is 2.33. The van der Waals surface area contributed by atoms with Gasteiger partial charge in [-0.3, -0.25) is 19.2 Å². The predicted octanol–water partition coefficient (Wildman–Crippen LogP) is 0.669. The zero-order valence-corrected chi connectivity index (χ0v) is 28.5. The van der Waals surface area contributed by atoms with Crippen molar-refractivity contribution in [2.24, 2.45) is 0 Å². The second kappa shape index (κ2) is 17.6. The number of hydrogen-bond donors (Lipinski definition) is 1. The molecule has 264 valence electrons. The fraction of sp³-hybridized carbons (Fsp3) is 0.484. The first-order valence-corrected chi connectivity index (χ1v) is 16.8. The third-order valence-electron chi connectivity index (χ3n) is 7.43. The minimum atomic E-state index is -2.99. The van der Waals surface area contributed by atoms with E-state index in [9.17, 15) is 28.9 Å². The molecule has 1 aromatic carbocycles. The van der Waals surface area contributed by atoms with Gasteiger partial charge < -0.3 is 43.9 Å². The van der Waals surface area contributed by atoms with E-state index in [0.717, 1.165) is 26.1 Å². The number of benzene rings is 1. The first-order valence-electron chi connectivity index (χ1n) is 15.5. The molecular formula is C31H39N6O11P. The van der Waals surface area contributed by atoms with Gasteiger partial charge in [-0.05, 0) is 13.3 Å². The standard InChI is InChI=1S/C31H39N6O11P/c1-5-45-30(42)36-15-13-35(14-16-36)29(41)25(19-49(43)48-31(46-20(2)38)47-21(3)39)33-28(40)24-17-26(37-12-11-23(18-37)44-4)34-27(32-24)22-9-7-6-8-10-22/h6-10,17,19,23,25,31H,5,11-16,18H2,1-4H3,(H,33,40)/t23-,25+/m0/s1. The molecule has 0 aliphatic carbocycles. The third kappa shape index (κ3) is 10.6. The molecule has 1 aromatic heterocycles. The van der Waals surface area contributed by atoms with Crippen LogP contribution in [0.1, 0.15) is 37.7 Å². The van der Waals surface area contributed by atoms with Gasteiger partial charge in [-0.25, -0.2) is 14.8 Å². The summed E-state index contributed by atoms with van der Waals surface area (Å²) in [7, 11) is -1.36. The van der Waals surface area contributed by atoms with E-state index in [2.05, 4.69) is 10.3 Å². The van der Waals surface area contributed by atoms with Crippen LogP contribution in [0.3, 0.4) is 0 Å². The average Bonchev–Trinajstić information content (AvgIpc) is 3.57. The Morgan fingerprint density at radius 2 is 1.65 bits per heavy atom. The minimum Gasteiger partial charge on any atom is -0.603 e. The number of nitrogens with zero attached hydrogens (tertiary/aromatic N) is 5. The minimum absolute atomic E-state index is 0.0209. The van der Waals surface area contributed by atoms with Crippen molar-refractivity contribution in [2.75, 3.05) is 57.9 Å². The number of anilines is 1. The van der Waals surface area contributed by atoms with E-state index < -0.39 is 50.4 Å². The quantitative estimate of drug-likeness (QED) is 0.184. The lowest BCUT2D eigenvalue weighted by Crippen LogP contribution is -2.56. The van der Waals surface area contributed by atoms with Crippen molar-refractivity contribution in [1.29, 1.82) is 0 Å². The lowest BCUT2D eigenvalue weighted by molar-refractivity contribution is -0.251. The van der Waals surface area contributed by atoms with Gasteiger partial charge in [0.2, 0.25) is 8.00 Å². The van der Waals surface area contributed by atoms with E-state index in [1.807, 2.05) is 23.1 Å². The molecule has 0 saturated carbocycles. The number of aromatic nitrogens is 2. The van der Waals surface area contributed by atoms with Crippen LogP contribution in [0.15, 0.2) is 36.4 Å². The molecule has 4 rings (SSSR count). The van der Waals surface area contributed by atoms with E-state index in [1.54, 1.807) is 26.2 Å². The van der Waals surface area contributed by atoms with E-state index in [1.165, 1.54) is 15.9 Å². The number of amides is 3. The van der Waals surface area contributed by atoms with Crippen LogP contribution in [0.2, 0.25) is 0 Å². The molecule has 1 unspecified atom stereocenters. The van der Waals surface area contributed by atoms with Crippen LogP contribution in [0.4, 0.5) is 10.6 Å². The summed E-state index contributed by atoms with van der Waals surface area (Å²) < 4.78 is 25.2. The summed E-state index contributed by atoms with van der Waals surface area (Å²) in [6.45, 7) is 3.61. The van der Waals surface area contributed by atoms with Crippen molar-refractivity contribution in [1.82, 2.24) is 25.1 Å². The van der Waals surface area contributed by atoms with Gasteiger partial charge in [-0.1, -0.05) is 34.9 Å². The largest absolute Gasteiger partial charge is 0.603 e. The molecule has 2 fully saturated rings. The van der Waals surface area contributed by atoms with Gasteiger partial charge in [0.25, 0.3) is 11.8 Å². The third-order valence-corrected chi connectivity index (χ3v) is 8.36. The highest BCUT2D eigenvalue weighted by molar-refractivity contribution is 7.45. The Labute approximate surface area is 284 Å². The van der Waals surface area contributed by atoms with Crippen molar-refractivity contribution in [2.45, 2.75) is 45.8 Å². The maximum atomic E-state index is 13.8. The summed E-state index contributed by atoms with van der Waals surface area (Å²) >= 11 is 0. The molecule has 0 radical (unpaired) electrons. The second-order valence-electron chi connectivity index (χ2n) is 10.9. The van der Waals surface area contributed by atoms with Crippen LogP contribution in [-0.2, 0) is 37.9 Å². The van der Waals surface area contributed by atoms with Gasteiger partial charge in [-0.15, -0.1) is 0 Å². The molecule has 17 nitrogen and oxygen atoms in total. The number of ether oxygens (including phenoxy) is 4. The summed E-state index contributed by atoms with van der Waals surface area (Å²) in [5.74, 6) is -1.59. The molecule has 3 atom stereocenters. The van der Waals surface area contributed by atoms with Crippen molar-refractivity contribution in [3.63, 3.8) is 0 Å². The number of methoxy groups -OCH3 is 1. The topological polar surface area (TPSA) is 202 Å². The molecule has 0 bridgehead atoms. The predicted molar refractivity (Wildman–Crippen MR) is 173 cm³/mol. The lowest BCUT2D eigenvalue weighted by atomic mass is 10.2. The maximum Gasteiger partial charge on any atom is 0.409 e. The summed E-state index contributed by atoms with van der Waals surface area (Å²) in [6, 6.07) is 8.98. The van der Waals surface area contributed by atoms with E-state index in [-0.39, 0.29) is 50.4 Å². The maximum absolute atomic E-state index is 13.8. The Balaban J connectivity index is 1.64. The molecule has 2 aliphatic heterocycles. The molecule has 0 spiro atoms. The Hall–Kier alpha value is -4.70. The summed E-state index contributed by atoms with van der Waals surface area (Å²) in [5.41, 5.74) is 0.579. The van der Waals surface area contributed by atoms with Crippen LogP contribution < -0.4 is 15.1 Å². The summed E-state index contributed by atoms with van der Waals surface area (Å²) in [6.07, 6.45) is 0.215. The van der Waals surface area contributed by atoms with Gasteiger partial charge in [0, 0.05) is 71.9 Å². The first-order chi connectivity index (χ1) is 23.5. The summed E-state index contributed by atoms with van der Waals surface area (Å²) in [5, 5.41) is 2.58. The zero-order chi connectivity index (χ0) is 35.5. The highest BCUT2D eigenvalue weighted by Crippen LogP contribution is 2.25. The van der Waals surface area contributed by atoms with Gasteiger partial charge in [0.05, 0.1) is 12.7 Å². The number of carbonyl (C=O) groups is 5. The number of hydrogen-bond acceptors (Lipinski definition) is 14. The number of carbonyl (C=O) groups excluding carboxylic acids is 5. The molecule has 3 heterocycles. The van der Waals surface area contributed by atoms with E-state index in [4.69, 9.17) is 28.5 Å². The van der Waals surface area contributed by atoms with E-state index in [0.29, 0.717) is 24.5 Å². The normalized spacial score (nSPS) is 17.1. The fourth-order valence-electron chi connectivity index (χ4n) is 5.04. The Morgan fingerprint density at radius 1 is 1.00 bits per heavy atom. The summed E-state index contributed by atoms with van der Waals surface area (Å²) in [4.78, 5) is 89.9. The van der Waals surface area contributed by atoms with Gasteiger partial charge in [0.15, 0.2) is 11.9 Å². The van der Waals surface area contributed by atoms with Gasteiger partial charge in [-0.2, -0.15) is 0 Å². The fourth-order valence-corrected chi connectivity index (χ4v) is 5.81. The van der Waals surface area contributed by atoms with E-state index >= 15 is 0 Å². The van der Waals surface area contributed by atoms with Gasteiger partial charge >= 0.3 is 24.5 Å². The van der Waals surface area contributed by atoms with Crippen molar-refractivity contribution in [3.05, 3.63) is 42.1 Å². The van der Waals surface area contributed by atoms with Gasteiger partial charge in [0.1, 0.15) is 17.3 Å². The highest BCUT2D eigenvalue weighted by atomic mass is 31.1. The lowest BCUT2D eigenvalue weighted by Gasteiger charge is -2.35. The smallest absolute Gasteiger partial charge is 0.409 e. The zero-order valence-electron chi connectivity index (χ0n) is 27.6. The van der Waals surface area contributed by atoms with Crippen molar-refractivity contribution < 1.29 is 52.3 Å². The van der Waals surface area contributed by atoms with Crippen LogP contribution in [-0.4, -0.2) is 127 Å². The van der Waals surface area contributed by atoms with Crippen LogP contribution in [0.5, 0.6) is 0 Å². The molecule has 18 heteroatoms. The van der Waals surface area contributed by atoms with Crippen LogP contribution in [0, 0.1) is 0 Å². The monoisotopic (exact) mass is 702 g/mol. The number of nitrogens with one attached hydrogen (secondary N) is 1. The molecular weight excluding hydrogens is 663 g/mol. The second-order valence-corrected chi connectivity index (χ2v) is 12.0. The van der Waals surface area contributed by atoms with Crippen molar-refractivity contribution in [3.8, 4) is 11.4 Å².